The molecule has 1 atom stereocenters. The summed E-state index contributed by atoms with van der Waals surface area (Å²) in [5.74, 6) is -0.298. The molecule has 0 heterocycles. The monoisotopic (exact) mass is 185 g/mol. The van der Waals surface area contributed by atoms with Crippen molar-refractivity contribution in [3.05, 3.63) is 35.1 Å². The second kappa shape index (κ2) is 4.32. The van der Waals surface area contributed by atoms with Crippen LogP contribution in [0.25, 0.3) is 0 Å². The molecule has 0 spiro atoms. The first kappa shape index (κ1) is 10.1. The van der Waals surface area contributed by atoms with Crippen molar-refractivity contribution in [2.45, 2.75) is 13.0 Å². The Morgan fingerprint density at radius 1 is 1.54 bits per heavy atom. The summed E-state index contributed by atoms with van der Waals surface area (Å²) in [5, 5.41) is 17.7. The molecular formula is C9H12FNO2. The van der Waals surface area contributed by atoms with Crippen molar-refractivity contribution < 1.29 is 14.7 Å². The van der Waals surface area contributed by atoms with E-state index in [1.165, 1.54) is 12.1 Å². The minimum Gasteiger partial charge on any atom is -0.387 e. The van der Waals surface area contributed by atoms with E-state index in [0.717, 1.165) is 0 Å². The van der Waals surface area contributed by atoms with Gasteiger partial charge in [0.15, 0.2) is 0 Å². The van der Waals surface area contributed by atoms with E-state index in [0.29, 0.717) is 11.1 Å². The maximum atomic E-state index is 12.8. The number of halogens is 1. The number of benzene rings is 1. The largest absolute Gasteiger partial charge is 0.387 e. The van der Waals surface area contributed by atoms with Gasteiger partial charge in [-0.15, -0.1) is 0 Å². The number of aliphatic hydroxyl groups excluding tert-OH is 1. The van der Waals surface area contributed by atoms with Crippen LogP contribution in [-0.4, -0.2) is 16.9 Å². The lowest BCUT2D eigenvalue weighted by Crippen LogP contribution is -2.17. The average molecular weight is 185 g/mol. The van der Waals surface area contributed by atoms with Crippen molar-refractivity contribution in [2.75, 3.05) is 6.54 Å². The molecule has 13 heavy (non-hydrogen) atoms. The van der Waals surface area contributed by atoms with Crippen LogP contribution in [0.5, 0.6) is 0 Å². The minimum atomic E-state index is -0.815. The van der Waals surface area contributed by atoms with Crippen molar-refractivity contribution in [3.63, 3.8) is 0 Å². The summed E-state index contributed by atoms with van der Waals surface area (Å²) in [6, 6.07) is 4.34. The number of nitrogens with one attached hydrogen (secondary N) is 1. The molecular weight excluding hydrogens is 173 g/mol. The van der Waals surface area contributed by atoms with Gasteiger partial charge < -0.3 is 10.3 Å². The first-order valence-corrected chi connectivity index (χ1v) is 3.96. The number of rotatable bonds is 3. The van der Waals surface area contributed by atoms with Gasteiger partial charge in [0.2, 0.25) is 0 Å². The van der Waals surface area contributed by atoms with Gasteiger partial charge in [-0.2, -0.15) is 0 Å². The average Bonchev–Trinajstić information content (AvgIpc) is 2.10. The molecule has 0 aliphatic heterocycles. The molecule has 3 nitrogen and oxygen atoms in total. The summed E-state index contributed by atoms with van der Waals surface area (Å²) in [5.41, 5.74) is 2.92. The van der Waals surface area contributed by atoms with E-state index in [2.05, 4.69) is 0 Å². The smallest absolute Gasteiger partial charge is 0.126 e. The maximum Gasteiger partial charge on any atom is 0.126 e. The molecule has 72 valence electrons. The molecule has 0 aliphatic rings. The SMILES string of the molecule is Cc1cc(C(O)CNO)ccc1F. The van der Waals surface area contributed by atoms with E-state index in [-0.39, 0.29) is 12.4 Å². The number of aliphatic hydroxyl groups is 1. The maximum absolute atomic E-state index is 12.8. The summed E-state index contributed by atoms with van der Waals surface area (Å²) in [4.78, 5) is 0. The number of aryl methyl sites for hydroxylation is 1. The van der Waals surface area contributed by atoms with Crippen LogP contribution in [0.15, 0.2) is 18.2 Å². The van der Waals surface area contributed by atoms with E-state index in [9.17, 15) is 9.50 Å². The molecule has 1 rings (SSSR count). The van der Waals surface area contributed by atoms with E-state index >= 15 is 0 Å². The van der Waals surface area contributed by atoms with Gasteiger partial charge in [-0.05, 0) is 24.1 Å². The first-order valence-electron chi connectivity index (χ1n) is 3.96. The first-order chi connectivity index (χ1) is 6.15. The van der Waals surface area contributed by atoms with Crippen LogP contribution in [-0.2, 0) is 0 Å². The fourth-order valence-electron chi connectivity index (χ4n) is 1.08. The van der Waals surface area contributed by atoms with Gasteiger partial charge in [-0.3, -0.25) is 0 Å². The molecule has 0 bridgehead atoms. The highest BCUT2D eigenvalue weighted by Gasteiger charge is 2.07. The third-order valence-corrected chi connectivity index (χ3v) is 1.85. The predicted octanol–water partition coefficient (Wildman–Crippen LogP) is 1.15. The summed E-state index contributed by atoms with van der Waals surface area (Å²) in [7, 11) is 0. The topological polar surface area (TPSA) is 52.5 Å². The van der Waals surface area contributed by atoms with Crippen LogP contribution in [0.2, 0.25) is 0 Å². The predicted molar refractivity (Wildman–Crippen MR) is 45.9 cm³/mol. The lowest BCUT2D eigenvalue weighted by Gasteiger charge is -2.10. The van der Waals surface area contributed by atoms with E-state index in [1.807, 2.05) is 5.48 Å². The lowest BCUT2D eigenvalue weighted by molar-refractivity contribution is 0.0921. The van der Waals surface area contributed by atoms with E-state index < -0.39 is 6.10 Å². The van der Waals surface area contributed by atoms with Crippen molar-refractivity contribution >= 4 is 0 Å². The zero-order valence-electron chi connectivity index (χ0n) is 7.29. The van der Waals surface area contributed by atoms with Gasteiger partial charge in [0.1, 0.15) is 5.82 Å². The Morgan fingerprint density at radius 3 is 2.77 bits per heavy atom. The highest BCUT2D eigenvalue weighted by atomic mass is 19.1. The third-order valence-electron chi connectivity index (χ3n) is 1.85. The molecule has 4 heteroatoms. The Hall–Kier alpha value is -0.970. The molecule has 1 aromatic carbocycles. The Labute approximate surface area is 75.8 Å². The van der Waals surface area contributed by atoms with Crippen LogP contribution in [0.3, 0.4) is 0 Å². The Balaban J connectivity index is 2.84. The molecule has 0 fully saturated rings. The van der Waals surface area contributed by atoms with Gasteiger partial charge in [-0.25, -0.2) is 9.87 Å². The lowest BCUT2D eigenvalue weighted by atomic mass is 10.1. The number of hydroxylamine groups is 1. The molecule has 0 aromatic heterocycles. The highest BCUT2D eigenvalue weighted by Crippen LogP contribution is 2.15. The second-order valence-corrected chi connectivity index (χ2v) is 2.89. The zero-order valence-corrected chi connectivity index (χ0v) is 7.29. The zero-order chi connectivity index (χ0) is 9.84. The second-order valence-electron chi connectivity index (χ2n) is 2.89. The molecule has 0 aliphatic carbocycles. The van der Waals surface area contributed by atoms with Gasteiger partial charge in [-0.1, -0.05) is 12.1 Å². The Morgan fingerprint density at radius 2 is 2.23 bits per heavy atom. The van der Waals surface area contributed by atoms with Crippen molar-refractivity contribution in [1.29, 1.82) is 0 Å². The van der Waals surface area contributed by atoms with Gasteiger partial charge in [0.05, 0.1) is 12.6 Å². The molecule has 0 amide bonds. The normalized spacial score (nSPS) is 12.9. The quantitative estimate of drug-likeness (QED) is 0.619. The fourth-order valence-corrected chi connectivity index (χ4v) is 1.08. The molecule has 0 saturated heterocycles. The molecule has 1 unspecified atom stereocenters. The van der Waals surface area contributed by atoms with Crippen LogP contribution >= 0.6 is 0 Å². The van der Waals surface area contributed by atoms with E-state index in [1.54, 1.807) is 13.0 Å². The third kappa shape index (κ3) is 2.48. The molecule has 0 radical (unpaired) electrons. The standard InChI is InChI=1S/C9H12FNO2/c1-6-4-7(2-3-8(6)10)9(12)5-11-13/h2-4,9,11-13H,5H2,1H3. The minimum absolute atomic E-state index is 0.0328. The summed E-state index contributed by atoms with van der Waals surface area (Å²) >= 11 is 0. The van der Waals surface area contributed by atoms with Gasteiger partial charge in [0, 0.05) is 0 Å². The fraction of sp³-hybridized carbons (Fsp3) is 0.333. The highest BCUT2D eigenvalue weighted by molar-refractivity contribution is 5.25. The van der Waals surface area contributed by atoms with Crippen molar-refractivity contribution in [1.82, 2.24) is 5.48 Å². The van der Waals surface area contributed by atoms with Crippen molar-refractivity contribution in [2.24, 2.45) is 0 Å². The van der Waals surface area contributed by atoms with E-state index in [4.69, 9.17) is 5.21 Å². The van der Waals surface area contributed by atoms with Gasteiger partial charge >= 0.3 is 0 Å². The van der Waals surface area contributed by atoms with Crippen LogP contribution < -0.4 is 5.48 Å². The number of hydrogen-bond acceptors (Lipinski definition) is 3. The Kier molecular flexibility index (Phi) is 3.36. The molecule has 0 saturated carbocycles. The Bertz CT molecular complexity index is 291. The van der Waals surface area contributed by atoms with Crippen LogP contribution in [0.4, 0.5) is 4.39 Å². The summed E-state index contributed by atoms with van der Waals surface area (Å²) in [6.07, 6.45) is -0.815. The van der Waals surface area contributed by atoms with Gasteiger partial charge in [0.25, 0.3) is 0 Å². The van der Waals surface area contributed by atoms with Crippen molar-refractivity contribution in [3.8, 4) is 0 Å². The summed E-state index contributed by atoms with van der Waals surface area (Å²) in [6.45, 7) is 1.66. The van der Waals surface area contributed by atoms with Crippen LogP contribution in [0.1, 0.15) is 17.2 Å². The summed E-state index contributed by atoms with van der Waals surface area (Å²) < 4.78 is 12.8. The molecule has 3 N–H and O–H groups in total. The number of hydrogen-bond donors (Lipinski definition) is 3. The van der Waals surface area contributed by atoms with Crippen LogP contribution in [0, 0.1) is 12.7 Å². The molecule has 1 aromatic rings.